The third kappa shape index (κ3) is 4.30. The van der Waals surface area contributed by atoms with Gasteiger partial charge in [-0.1, -0.05) is 41.7 Å². The molecule has 122 valence electrons. The van der Waals surface area contributed by atoms with Crippen molar-refractivity contribution in [1.29, 1.82) is 0 Å². The van der Waals surface area contributed by atoms with Crippen molar-refractivity contribution in [2.75, 3.05) is 18.5 Å². The molecule has 0 unspecified atom stereocenters. The Morgan fingerprint density at radius 1 is 1.00 bits per heavy atom. The molecule has 1 aromatic heterocycles. The maximum Gasteiger partial charge on any atom is 0.261 e. The smallest absolute Gasteiger partial charge is 0.261 e. The topological polar surface area (TPSA) is 73.3 Å². The molecule has 2 aromatic carbocycles. The Bertz CT molecular complexity index is 779. The summed E-state index contributed by atoms with van der Waals surface area (Å²) in [6.07, 6.45) is 0. The number of aromatic nitrogens is 2. The number of ether oxygens (including phenoxy) is 2. The standard InChI is InChI=1S/C17H15N3O3S/c21-16(19-17-20-18-12-24-17)14-8-4-5-9-15(14)23-11-10-22-13-6-2-1-3-7-13/h1-9,12H,10-11H2,(H,19,20,21). The SMILES string of the molecule is O=C(Nc1nncs1)c1ccccc1OCCOc1ccccc1. The van der Waals surface area contributed by atoms with E-state index >= 15 is 0 Å². The zero-order valence-corrected chi connectivity index (χ0v) is 13.5. The van der Waals surface area contributed by atoms with Crippen LogP contribution in [0.4, 0.5) is 5.13 Å². The number of hydrogen-bond donors (Lipinski definition) is 1. The minimum absolute atomic E-state index is 0.286. The van der Waals surface area contributed by atoms with E-state index in [1.54, 1.807) is 23.7 Å². The lowest BCUT2D eigenvalue weighted by Gasteiger charge is -2.11. The second kappa shape index (κ2) is 8.07. The van der Waals surface area contributed by atoms with Gasteiger partial charge in [0.15, 0.2) is 0 Å². The molecule has 7 heteroatoms. The van der Waals surface area contributed by atoms with Crippen molar-refractivity contribution < 1.29 is 14.3 Å². The summed E-state index contributed by atoms with van der Waals surface area (Å²) in [4.78, 5) is 12.3. The van der Waals surface area contributed by atoms with Crippen molar-refractivity contribution in [1.82, 2.24) is 10.2 Å². The van der Waals surface area contributed by atoms with Crippen LogP contribution in [0.25, 0.3) is 0 Å². The van der Waals surface area contributed by atoms with Gasteiger partial charge in [0.25, 0.3) is 5.91 Å². The molecule has 0 spiro atoms. The number of rotatable bonds is 7. The molecule has 0 aliphatic rings. The van der Waals surface area contributed by atoms with E-state index in [1.807, 2.05) is 36.4 Å². The van der Waals surface area contributed by atoms with E-state index in [1.165, 1.54) is 11.3 Å². The van der Waals surface area contributed by atoms with E-state index in [2.05, 4.69) is 15.5 Å². The molecule has 0 fully saturated rings. The van der Waals surface area contributed by atoms with Gasteiger partial charge < -0.3 is 9.47 Å². The summed E-state index contributed by atoms with van der Waals surface area (Å²) in [5.41, 5.74) is 1.99. The van der Waals surface area contributed by atoms with Gasteiger partial charge in [-0.25, -0.2) is 0 Å². The van der Waals surface area contributed by atoms with Crippen molar-refractivity contribution in [3.8, 4) is 11.5 Å². The molecule has 3 rings (SSSR count). The van der Waals surface area contributed by atoms with Gasteiger partial charge in [0.1, 0.15) is 30.2 Å². The first-order valence-corrected chi connectivity index (χ1v) is 8.18. The summed E-state index contributed by atoms with van der Waals surface area (Å²) >= 11 is 1.26. The van der Waals surface area contributed by atoms with Crippen molar-refractivity contribution >= 4 is 22.4 Å². The highest BCUT2D eigenvalue weighted by atomic mass is 32.1. The third-order valence-corrected chi connectivity index (χ3v) is 3.67. The van der Waals surface area contributed by atoms with Gasteiger partial charge in [0, 0.05) is 0 Å². The van der Waals surface area contributed by atoms with Crippen LogP contribution in [0.1, 0.15) is 10.4 Å². The molecule has 0 aliphatic carbocycles. The fraction of sp³-hybridized carbons (Fsp3) is 0.118. The molecule has 0 aliphatic heterocycles. The summed E-state index contributed by atoms with van der Waals surface area (Å²) in [5.74, 6) is 0.992. The van der Waals surface area contributed by atoms with Gasteiger partial charge in [-0.3, -0.25) is 10.1 Å². The molecule has 3 aromatic rings. The second-order valence-corrected chi connectivity index (χ2v) is 5.54. The monoisotopic (exact) mass is 341 g/mol. The number of amides is 1. The van der Waals surface area contributed by atoms with Gasteiger partial charge >= 0.3 is 0 Å². The van der Waals surface area contributed by atoms with Crippen LogP contribution in [0.15, 0.2) is 60.1 Å². The number of para-hydroxylation sites is 2. The zero-order valence-electron chi connectivity index (χ0n) is 12.7. The predicted octanol–water partition coefficient (Wildman–Crippen LogP) is 3.25. The van der Waals surface area contributed by atoms with E-state index in [0.717, 1.165) is 5.75 Å². The first kappa shape index (κ1) is 15.9. The van der Waals surface area contributed by atoms with E-state index < -0.39 is 0 Å². The van der Waals surface area contributed by atoms with Gasteiger partial charge in [-0.2, -0.15) is 0 Å². The first-order chi connectivity index (χ1) is 11.8. The van der Waals surface area contributed by atoms with Crippen LogP contribution < -0.4 is 14.8 Å². The fourth-order valence-electron chi connectivity index (χ4n) is 2.00. The summed E-state index contributed by atoms with van der Waals surface area (Å²) in [6.45, 7) is 0.717. The number of carbonyl (C=O) groups excluding carboxylic acids is 1. The zero-order chi connectivity index (χ0) is 16.6. The van der Waals surface area contributed by atoms with E-state index in [0.29, 0.717) is 29.7 Å². The molecular weight excluding hydrogens is 326 g/mol. The highest BCUT2D eigenvalue weighted by Crippen LogP contribution is 2.20. The van der Waals surface area contributed by atoms with Crippen LogP contribution in [-0.2, 0) is 0 Å². The lowest BCUT2D eigenvalue weighted by atomic mass is 10.2. The second-order valence-electron chi connectivity index (χ2n) is 4.70. The predicted molar refractivity (Wildman–Crippen MR) is 91.7 cm³/mol. The minimum atomic E-state index is -0.286. The van der Waals surface area contributed by atoms with Crippen LogP contribution in [0.3, 0.4) is 0 Å². The van der Waals surface area contributed by atoms with Crippen LogP contribution in [0.2, 0.25) is 0 Å². The Balaban J connectivity index is 1.56. The molecule has 0 radical (unpaired) electrons. The Hall–Kier alpha value is -2.93. The van der Waals surface area contributed by atoms with Crippen molar-refractivity contribution in [3.05, 3.63) is 65.7 Å². The number of anilines is 1. The Morgan fingerprint density at radius 3 is 2.54 bits per heavy atom. The van der Waals surface area contributed by atoms with Crippen LogP contribution in [-0.4, -0.2) is 29.3 Å². The van der Waals surface area contributed by atoms with Crippen LogP contribution >= 0.6 is 11.3 Å². The third-order valence-electron chi connectivity index (χ3n) is 3.07. The van der Waals surface area contributed by atoms with Crippen molar-refractivity contribution in [2.45, 2.75) is 0 Å². The quantitative estimate of drug-likeness (QED) is 0.668. The van der Waals surface area contributed by atoms with E-state index in [9.17, 15) is 4.79 Å². The highest BCUT2D eigenvalue weighted by Gasteiger charge is 2.13. The summed E-state index contributed by atoms with van der Waals surface area (Å²) in [6, 6.07) is 16.5. The number of nitrogens with one attached hydrogen (secondary N) is 1. The molecule has 6 nitrogen and oxygen atoms in total. The summed E-state index contributed by atoms with van der Waals surface area (Å²) in [7, 11) is 0. The molecule has 1 heterocycles. The lowest BCUT2D eigenvalue weighted by molar-refractivity contribution is 0.102. The van der Waals surface area contributed by atoms with E-state index in [-0.39, 0.29) is 5.91 Å². The Morgan fingerprint density at radius 2 is 1.75 bits per heavy atom. The Labute approximate surface area is 143 Å². The van der Waals surface area contributed by atoms with Crippen LogP contribution in [0, 0.1) is 0 Å². The lowest BCUT2D eigenvalue weighted by Crippen LogP contribution is -2.15. The number of hydrogen-bond acceptors (Lipinski definition) is 6. The summed E-state index contributed by atoms with van der Waals surface area (Å²) < 4.78 is 11.3. The normalized spacial score (nSPS) is 10.2. The molecule has 0 bridgehead atoms. The van der Waals surface area contributed by atoms with Crippen molar-refractivity contribution in [3.63, 3.8) is 0 Å². The first-order valence-electron chi connectivity index (χ1n) is 7.30. The molecule has 0 saturated carbocycles. The van der Waals surface area contributed by atoms with Gasteiger partial charge in [0.2, 0.25) is 5.13 Å². The number of carbonyl (C=O) groups is 1. The minimum Gasteiger partial charge on any atom is -0.490 e. The Kier molecular flexibility index (Phi) is 5.36. The molecular formula is C17H15N3O3S. The van der Waals surface area contributed by atoms with Gasteiger partial charge in [0.05, 0.1) is 5.56 Å². The van der Waals surface area contributed by atoms with E-state index in [4.69, 9.17) is 9.47 Å². The number of nitrogens with zero attached hydrogens (tertiary/aromatic N) is 2. The molecule has 0 saturated heterocycles. The highest BCUT2D eigenvalue weighted by molar-refractivity contribution is 7.13. The molecule has 1 N–H and O–H groups in total. The van der Waals surface area contributed by atoms with Gasteiger partial charge in [-0.05, 0) is 24.3 Å². The maximum atomic E-state index is 12.3. The average molecular weight is 341 g/mol. The summed E-state index contributed by atoms with van der Waals surface area (Å²) in [5, 5.41) is 10.6. The largest absolute Gasteiger partial charge is 0.490 e. The number of benzene rings is 2. The molecule has 1 amide bonds. The van der Waals surface area contributed by atoms with Crippen LogP contribution in [0.5, 0.6) is 11.5 Å². The van der Waals surface area contributed by atoms with Gasteiger partial charge in [-0.15, -0.1) is 10.2 Å². The molecule has 0 atom stereocenters. The average Bonchev–Trinajstić information content (AvgIpc) is 3.13. The maximum absolute atomic E-state index is 12.3. The fourth-order valence-corrected chi connectivity index (χ4v) is 2.44. The van der Waals surface area contributed by atoms with Crippen molar-refractivity contribution in [2.24, 2.45) is 0 Å². The molecule has 24 heavy (non-hydrogen) atoms.